The van der Waals surface area contributed by atoms with Crippen LogP contribution in [0.1, 0.15) is 38.7 Å². The monoisotopic (exact) mass is 320 g/mol. The number of hydrogen-bond acceptors (Lipinski definition) is 4. The van der Waals surface area contributed by atoms with Crippen LogP contribution in [-0.2, 0) is 11.3 Å². The minimum absolute atomic E-state index is 0.176. The molecule has 0 aliphatic carbocycles. The molecule has 1 amide bonds. The van der Waals surface area contributed by atoms with Gasteiger partial charge in [0.25, 0.3) is 0 Å². The van der Waals surface area contributed by atoms with E-state index in [0.717, 1.165) is 51.3 Å². The van der Waals surface area contributed by atoms with Crippen molar-refractivity contribution in [2.45, 2.75) is 45.7 Å². The van der Waals surface area contributed by atoms with Crippen molar-refractivity contribution in [3.8, 4) is 5.75 Å². The summed E-state index contributed by atoms with van der Waals surface area (Å²) in [6, 6.07) is 8.47. The van der Waals surface area contributed by atoms with E-state index in [0.29, 0.717) is 6.61 Å². The molecule has 0 radical (unpaired) electrons. The zero-order valence-corrected chi connectivity index (χ0v) is 14.2. The number of carbonyl (C=O) groups excluding carboxylic acids is 1. The second-order valence-electron chi connectivity index (χ2n) is 5.93. The second kappa shape index (κ2) is 9.40. The summed E-state index contributed by atoms with van der Waals surface area (Å²) >= 11 is 0. The zero-order valence-electron chi connectivity index (χ0n) is 14.2. The van der Waals surface area contributed by atoms with Crippen LogP contribution < -0.4 is 10.1 Å². The van der Waals surface area contributed by atoms with E-state index < -0.39 is 0 Å². The molecule has 2 rings (SSSR count). The summed E-state index contributed by atoms with van der Waals surface area (Å²) in [5.41, 5.74) is 1.27. The van der Waals surface area contributed by atoms with Crippen molar-refractivity contribution < 1.29 is 14.3 Å². The average molecular weight is 320 g/mol. The molecule has 1 N–H and O–H groups in total. The fourth-order valence-electron chi connectivity index (χ4n) is 2.83. The first kappa shape index (κ1) is 17.6. The van der Waals surface area contributed by atoms with Gasteiger partial charge in [0, 0.05) is 19.1 Å². The van der Waals surface area contributed by atoms with Gasteiger partial charge in [-0.15, -0.1) is 0 Å². The van der Waals surface area contributed by atoms with Crippen LogP contribution in [0.15, 0.2) is 24.3 Å². The summed E-state index contributed by atoms with van der Waals surface area (Å²) in [5.74, 6) is 0.927. The van der Waals surface area contributed by atoms with Crippen LogP contribution >= 0.6 is 0 Å². The van der Waals surface area contributed by atoms with E-state index in [2.05, 4.69) is 29.3 Å². The Morgan fingerprint density at radius 1 is 1.30 bits per heavy atom. The Labute approximate surface area is 139 Å². The SMILES string of the molecule is CCCOc1ccc(CN2CCCC(NC(=O)OCC)C2)cc1. The normalized spacial score (nSPS) is 18.4. The van der Waals surface area contributed by atoms with Crippen LogP contribution in [0.5, 0.6) is 5.75 Å². The molecule has 1 unspecified atom stereocenters. The third-order valence-corrected chi connectivity index (χ3v) is 3.91. The van der Waals surface area contributed by atoms with Crippen LogP contribution in [0, 0.1) is 0 Å². The van der Waals surface area contributed by atoms with Crippen molar-refractivity contribution in [1.82, 2.24) is 10.2 Å². The van der Waals surface area contributed by atoms with Crippen LogP contribution in [0.3, 0.4) is 0 Å². The summed E-state index contributed by atoms with van der Waals surface area (Å²) in [5, 5.41) is 2.94. The van der Waals surface area contributed by atoms with E-state index in [9.17, 15) is 4.79 Å². The number of benzene rings is 1. The summed E-state index contributed by atoms with van der Waals surface area (Å²) < 4.78 is 10.6. The Balaban J connectivity index is 1.81. The summed E-state index contributed by atoms with van der Waals surface area (Å²) in [4.78, 5) is 13.9. The number of amides is 1. The van der Waals surface area contributed by atoms with E-state index in [1.54, 1.807) is 0 Å². The Kier molecular flexibility index (Phi) is 7.20. The van der Waals surface area contributed by atoms with Crippen molar-refractivity contribution in [1.29, 1.82) is 0 Å². The minimum Gasteiger partial charge on any atom is -0.494 e. The highest BCUT2D eigenvalue weighted by molar-refractivity contribution is 5.67. The molecule has 0 bridgehead atoms. The maximum absolute atomic E-state index is 11.5. The molecule has 1 aliphatic rings. The molecule has 1 aromatic rings. The van der Waals surface area contributed by atoms with Crippen molar-refractivity contribution in [3.05, 3.63) is 29.8 Å². The van der Waals surface area contributed by atoms with Crippen LogP contribution in [0.2, 0.25) is 0 Å². The van der Waals surface area contributed by atoms with Gasteiger partial charge in [-0.3, -0.25) is 4.90 Å². The molecule has 0 saturated carbocycles. The molecule has 0 spiro atoms. The van der Waals surface area contributed by atoms with Gasteiger partial charge >= 0.3 is 6.09 Å². The highest BCUT2D eigenvalue weighted by atomic mass is 16.5. The lowest BCUT2D eigenvalue weighted by molar-refractivity contribution is 0.132. The molecule has 5 heteroatoms. The standard InChI is InChI=1S/C18H28N2O3/c1-3-12-23-17-9-7-15(8-10-17)13-20-11-5-6-16(14-20)19-18(21)22-4-2/h7-10,16H,3-6,11-14H2,1-2H3,(H,19,21). The number of ether oxygens (including phenoxy) is 2. The average Bonchev–Trinajstić information content (AvgIpc) is 2.55. The first-order chi connectivity index (χ1) is 11.2. The van der Waals surface area contributed by atoms with Crippen LogP contribution in [0.25, 0.3) is 0 Å². The van der Waals surface area contributed by atoms with Crippen LogP contribution in [-0.4, -0.2) is 43.3 Å². The van der Waals surface area contributed by atoms with Gasteiger partial charge in [-0.25, -0.2) is 4.79 Å². The minimum atomic E-state index is -0.309. The summed E-state index contributed by atoms with van der Waals surface area (Å²) in [7, 11) is 0. The fraction of sp³-hybridized carbons (Fsp3) is 0.611. The van der Waals surface area contributed by atoms with Crippen molar-refractivity contribution in [2.75, 3.05) is 26.3 Å². The molecule has 1 atom stereocenters. The van der Waals surface area contributed by atoms with E-state index in [1.165, 1.54) is 5.56 Å². The molecule has 1 fully saturated rings. The second-order valence-corrected chi connectivity index (χ2v) is 5.93. The van der Waals surface area contributed by atoms with Crippen molar-refractivity contribution >= 4 is 6.09 Å². The molecular formula is C18H28N2O3. The van der Waals surface area contributed by atoms with Crippen molar-refractivity contribution in [3.63, 3.8) is 0 Å². The lowest BCUT2D eigenvalue weighted by Crippen LogP contribution is -2.47. The molecule has 1 saturated heterocycles. The third kappa shape index (κ3) is 6.10. The molecule has 23 heavy (non-hydrogen) atoms. The topological polar surface area (TPSA) is 50.8 Å². The number of nitrogens with zero attached hydrogens (tertiary/aromatic N) is 1. The van der Waals surface area contributed by atoms with Gasteiger partial charge in [0.15, 0.2) is 0 Å². The number of likely N-dealkylation sites (tertiary alicyclic amines) is 1. The van der Waals surface area contributed by atoms with E-state index in [1.807, 2.05) is 19.1 Å². The van der Waals surface area contributed by atoms with E-state index >= 15 is 0 Å². The lowest BCUT2D eigenvalue weighted by Gasteiger charge is -2.32. The first-order valence-electron chi connectivity index (χ1n) is 8.58. The summed E-state index contributed by atoms with van der Waals surface area (Å²) in [6.45, 7) is 7.92. The maximum Gasteiger partial charge on any atom is 0.407 e. The predicted molar refractivity (Wildman–Crippen MR) is 90.7 cm³/mol. The van der Waals surface area contributed by atoms with Gasteiger partial charge in [-0.05, 0) is 50.4 Å². The van der Waals surface area contributed by atoms with Gasteiger partial charge < -0.3 is 14.8 Å². The molecular weight excluding hydrogens is 292 g/mol. The fourth-order valence-corrected chi connectivity index (χ4v) is 2.83. The number of rotatable bonds is 7. The molecule has 5 nitrogen and oxygen atoms in total. The highest BCUT2D eigenvalue weighted by Gasteiger charge is 2.21. The molecule has 1 heterocycles. The number of carbonyl (C=O) groups is 1. The lowest BCUT2D eigenvalue weighted by atomic mass is 10.0. The predicted octanol–water partition coefficient (Wildman–Crippen LogP) is 3.19. The van der Waals surface area contributed by atoms with E-state index in [4.69, 9.17) is 9.47 Å². The van der Waals surface area contributed by atoms with Crippen LogP contribution in [0.4, 0.5) is 4.79 Å². The number of alkyl carbamates (subject to hydrolysis) is 1. The van der Waals surface area contributed by atoms with Gasteiger partial charge in [0.05, 0.1) is 13.2 Å². The molecule has 128 valence electrons. The van der Waals surface area contributed by atoms with Crippen molar-refractivity contribution in [2.24, 2.45) is 0 Å². The smallest absolute Gasteiger partial charge is 0.407 e. The van der Waals surface area contributed by atoms with Gasteiger partial charge in [0.2, 0.25) is 0 Å². The molecule has 0 aromatic heterocycles. The highest BCUT2D eigenvalue weighted by Crippen LogP contribution is 2.17. The zero-order chi connectivity index (χ0) is 16.5. The number of hydrogen-bond donors (Lipinski definition) is 1. The Morgan fingerprint density at radius 3 is 2.78 bits per heavy atom. The van der Waals surface area contributed by atoms with Gasteiger partial charge in [0.1, 0.15) is 5.75 Å². The Bertz CT molecular complexity index is 476. The molecule has 1 aromatic carbocycles. The maximum atomic E-state index is 11.5. The number of nitrogens with one attached hydrogen (secondary N) is 1. The Morgan fingerprint density at radius 2 is 2.09 bits per heavy atom. The van der Waals surface area contributed by atoms with E-state index in [-0.39, 0.29) is 12.1 Å². The molecule has 1 aliphatic heterocycles. The summed E-state index contributed by atoms with van der Waals surface area (Å²) in [6.07, 6.45) is 2.81. The first-order valence-corrected chi connectivity index (χ1v) is 8.58. The van der Waals surface area contributed by atoms with Gasteiger partial charge in [-0.2, -0.15) is 0 Å². The third-order valence-electron chi connectivity index (χ3n) is 3.91. The number of piperidine rings is 1. The Hall–Kier alpha value is -1.75. The quantitative estimate of drug-likeness (QED) is 0.838. The largest absolute Gasteiger partial charge is 0.494 e. The van der Waals surface area contributed by atoms with Gasteiger partial charge in [-0.1, -0.05) is 19.1 Å².